The minimum absolute atomic E-state index is 0.175. The van der Waals surface area contributed by atoms with E-state index in [4.69, 9.17) is 0 Å². The Hall–Kier alpha value is -3.44. The lowest BCUT2D eigenvalue weighted by Gasteiger charge is -2.28. The molecule has 0 aliphatic carbocycles. The molecule has 1 fully saturated rings. The van der Waals surface area contributed by atoms with Crippen LogP contribution in [0.2, 0.25) is 0 Å². The molecule has 5 nitrogen and oxygen atoms in total. The number of carbonyl (C=O) groups excluding carboxylic acids is 2. The van der Waals surface area contributed by atoms with Crippen molar-refractivity contribution in [3.63, 3.8) is 0 Å². The van der Waals surface area contributed by atoms with Crippen molar-refractivity contribution in [2.45, 2.75) is 31.8 Å². The molecular weight excluding hydrogens is 398 g/mol. The van der Waals surface area contributed by atoms with Gasteiger partial charge in [-0.05, 0) is 30.7 Å². The van der Waals surface area contributed by atoms with E-state index in [1.165, 1.54) is 10.5 Å². The maximum absolute atomic E-state index is 13.7. The first kappa shape index (κ1) is 21.8. The van der Waals surface area contributed by atoms with E-state index in [1.807, 2.05) is 72.6 Å². The highest BCUT2D eigenvalue weighted by Gasteiger charge is 2.51. The Morgan fingerprint density at radius 1 is 0.781 bits per heavy atom. The third-order valence-corrected chi connectivity index (χ3v) is 5.90. The Kier molecular flexibility index (Phi) is 6.37. The van der Waals surface area contributed by atoms with Gasteiger partial charge in [0.05, 0.1) is 6.67 Å². The summed E-state index contributed by atoms with van der Waals surface area (Å²) in [5.74, 6) is -0.175. The lowest BCUT2D eigenvalue weighted by Crippen LogP contribution is -2.51. The molecule has 0 saturated carbocycles. The third kappa shape index (κ3) is 4.89. The number of urea groups is 1. The summed E-state index contributed by atoms with van der Waals surface area (Å²) in [5.41, 5.74) is 3.39. The van der Waals surface area contributed by atoms with Crippen molar-refractivity contribution in [3.05, 3.63) is 107 Å². The molecule has 1 heterocycles. The maximum Gasteiger partial charge on any atom is 0.326 e. The van der Waals surface area contributed by atoms with Gasteiger partial charge in [-0.3, -0.25) is 9.69 Å². The molecule has 3 aromatic carbocycles. The summed E-state index contributed by atoms with van der Waals surface area (Å²) in [7, 11) is 1.93. The normalized spacial score (nSPS) is 15.3. The number of imide groups is 1. The first-order valence-corrected chi connectivity index (χ1v) is 10.9. The first-order chi connectivity index (χ1) is 15.4. The molecular formula is C27H29N3O2. The van der Waals surface area contributed by atoms with Crippen molar-refractivity contribution in [2.24, 2.45) is 0 Å². The second-order valence-corrected chi connectivity index (χ2v) is 8.71. The largest absolute Gasteiger partial charge is 0.326 e. The van der Waals surface area contributed by atoms with Gasteiger partial charge in [-0.1, -0.05) is 90.5 Å². The van der Waals surface area contributed by atoms with E-state index in [0.29, 0.717) is 19.4 Å². The minimum atomic E-state index is -0.996. The number of amides is 3. The van der Waals surface area contributed by atoms with Gasteiger partial charge in [0, 0.05) is 19.4 Å². The van der Waals surface area contributed by atoms with Gasteiger partial charge in [0.2, 0.25) is 0 Å². The molecule has 5 heteroatoms. The fourth-order valence-corrected chi connectivity index (χ4v) is 4.29. The third-order valence-electron chi connectivity index (χ3n) is 5.90. The van der Waals surface area contributed by atoms with Crippen LogP contribution in [0.5, 0.6) is 0 Å². The van der Waals surface area contributed by atoms with E-state index >= 15 is 0 Å². The van der Waals surface area contributed by atoms with Gasteiger partial charge in [-0.15, -0.1) is 0 Å². The summed E-state index contributed by atoms with van der Waals surface area (Å²) < 4.78 is 0. The Morgan fingerprint density at radius 3 is 1.84 bits per heavy atom. The fraction of sp³-hybridized carbons (Fsp3) is 0.259. The fourth-order valence-electron chi connectivity index (χ4n) is 4.29. The molecule has 0 spiro atoms. The average molecular weight is 428 g/mol. The number of benzene rings is 3. The topological polar surface area (TPSA) is 52.6 Å². The van der Waals surface area contributed by atoms with E-state index in [2.05, 4.69) is 36.5 Å². The van der Waals surface area contributed by atoms with E-state index in [9.17, 15) is 9.59 Å². The molecule has 0 radical (unpaired) electrons. The van der Waals surface area contributed by atoms with E-state index in [1.54, 1.807) is 0 Å². The second-order valence-electron chi connectivity index (χ2n) is 8.71. The zero-order valence-electron chi connectivity index (χ0n) is 18.6. The quantitative estimate of drug-likeness (QED) is 0.549. The molecule has 0 aromatic heterocycles. The molecule has 3 aromatic rings. The van der Waals surface area contributed by atoms with E-state index in [0.717, 1.165) is 16.7 Å². The Labute approximate surface area is 189 Å². The summed E-state index contributed by atoms with van der Waals surface area (Å²) in [5, 5.41) is 3.05. The molecule has 1 saturated heterocycles. The van der Waals surface area contributed by atoms with E-state index < -0.39 is 5.54 Å². The van der Waals surface area contributed by atoms with Crippen molar-refractivity contribution in [2.75, 3.05) is 13.7 Å². The van der Waals surface area contributed by atoms with Gasteiger partial charge in [0.1, 0.15) is 5.54 Å². The minimum Gasteiger partial charge on any atom is -0.322 e. The molecule has 4 rings (SSSR count). The summed E-state index contributed by atoms with van der Waals surface area (Å²) in [6.07, 6.45) is 0.900. The van der Waals surface area contributed by atoms with Gasteiger partial charge in [0.25, 0.3) is 5.91 Å². The van der Waals surface area contributed by atoms with Crippen LogP contribution < -0.4 is 5.32 Å². The monoisotopic (exact) mass is 427 g/mol. The number of hydrogen-bond acceptors (Lipinski definition) is 3. The first-order valence-electron chi connectivity index (χ1n) is 10.9. The number of nitrogens with one attached hydrogen (secondary N) is 1. The average Bonchev–Trinajstić information content (AvgIpc) is 3.00. The van der Waals surface area contributed by atoms with Crippen molar-refractivity contribution in [1.82, 2.24) is 15.1 Å². The zero-order valence-corrected chi connectivity index (χ0v) is 18.6. The van der Waals surface area contributed by atoms with Gasteiger partial charge in [0.15, 0.2) is 0 Å². The molecule has 3 amide bonds. The molecule has 164 valence electrons. The Morgan fingerprint density at radius 2 is 1.31 bits per heavy atom. The van der Waals surface area contributed by atoms with Crippen LogP contribution in [0.4, 0.5) is 4.79 Å². The van der Waals surface area contributed by atoms with Crippen LogP contribution in [0.1, 0.15) is 22.3 Å². The van der Waals surface area contributed by atoms with E-state index in [-0.39, 0.29) is 18.6 Å². The Bertz CT molecular complexity index is 1020. The van der Waals surface area contributed by atoms with Crippen LogP contribution in [-0.2, 0) is 24.2 Å². The van der Waals surface area contributed by atoms with Crippen LogP contribution in [0.15, 0.2) is 84.9 Å². The van der Waals surface area contributed by atoms with Crippen LogP contribution in [0.25, 0.3) is 0 Å². The predicted octanol–water partition coefficient (Wildman–Crippen LogP) is 4.16. The highest BCUT2D eigenvalue weighted by Crippen LogP contribution is 2.27. The molecule has 1 aliphatic rings. The van der Waals surface area contributed by atoms with Crippen molar-refractivity contribution < 1.29 is 9.59 Å². The van der Waals surface area contributed by atoms with Crippen LogP contribution >= 0.6 is 0 Å². The highest BCUT2D eigenvalue weighted by atomic mass is 16.2. The van der Waals surface area contributed by atoms with Gasteiger partial charge >= 0.3 is 6.03 Å². The van der Waals surface area contributed by atoms with Crippen molar-refractivity contribution in [3.8, 4) is 0 Å². The highest BCUT2D eigenvalue weighted by molar-refractivity contribution is 6.07. The predicted molar refractivity (Wildman–Crippen MR) is 126 cm³/mol. The molecule has 32 heavy (non-hydrogen) atoms. The molecule has 0 unspecified atom stereocenters. The van der Waals surface area contributed by atoms with Crippen LogP contribution in [0.3, 0.4) is 0 Å². The van der Waals surface area contributed by atoms with Crippen molar-refractivity contribution in [1.29, 1.82) is 0 Å². The standard InChI is InChI=1S/C27H29N3O2/c1-21-13-15-24(16-14-21)19-29(2)20-30-25(31)27(28-26(30)32,17-22-9-5-3-6-10-22)18-23-11-7-4-8-12-23/h3-16H,17-20H2,1-2H3,(H,28,32). The molecule has 1 N–H and O–H groups in total. The molecule has 0 atom stereocenters. The summed E-state index contributed by atoms with van der Waals surface area (Å²) in [4.78, 5) is 30.0. The molecule has 0 bridgehead atoms. The summed E-state index contributed by atoms with van der Waals surface area (Å²) in [6.45, 7) is 2.95. The number of nitrogens with zero attached hydrogens (tertiary/aromatic N) is 2. The lowest BCUT2D eigenvalue weighted by atomic mass is 9.84. The SMILES string of the molecule is Cc1ccc(CN(C)CN2C(=O)NC(Cc3ccccc3)(Cc3ccccc3)C2=O)cc1. The Balaban J connectivity index is 1.55. The van der Waals surface area contributed by atoms with Crippen LogP contribution in [0, 0.1) is 6.92 Å². The number of rotatable bonds is 8. The summed E-state index contributed by atoms with van der Waals surface area (Å²) >= 11 is 0. The summed E-state index contributed by atoms with van der Waals surface area (Å²) in [6, 6.07) is 27.7. The second kappa shape index (κ2) is 9.37. The number of aryl methyl sites for hydroxylation is 1. The lowest BCUT2D eigenvalue weighted by molar-refractivity contribution is -0.132. The maximum atomic E-state index is 13.7. The van der Waals surface area contributed by atoms with Gasteiger partial charge < -0.3 is 5.32 Å². The molecule has 1 aliphatic heterocycles. The van der Waals surface area contributed by atoms with Crippen LogP contribution in [-0.4, -0.2) is 41.0 Å². The van der Waals surface area contributed by atoms with Crippen molar-refractivity contribution >= 4 is 11.9 Å². The zero-order chi connectivity index (χ0) is 22.6. The smallest absolute Gasteiger partial charge is 0.322 e. The number of hydrogen-bond donors (Lipinski definition) is 1. The van der Waals surface area contributed by atoms with Gasteiger partial charge in [-0.25, -0.2) is 9.69 Å². The van der Waals surface area contributed by atoms with Gasteiger partial charge in [-0.2, -0.15) is 0 Å². The number of carbonyl (C=O) groups is 2.